The van der Waals surface area contributed by atoms with Gasteiger partial charge in [0.2, 0.25) is 0 Å². The molecule has 0 saturated carbocycles. The van der Waals surface area contributed by atoms with E-state index in [1.54, 1.807) is 12.5 Å². The second-order valence-electron chi connectivity index (χ2n) is 6.67. The Bertz CT molecular complexity index is 694. The quantitative estimate of drug-likeness (QED) is 0.920. The largest absolute Gasteiger partial charge is 0.448 e. The van der Waals surface area contributed by atoms with Gasteiger partial charge in [-0.3, -0.25) is 9.69 Å². The number of aromatic nitrogens is 2. The summed E-state index contributed by atoms with van der Waals surface area (Å²) in [6, 6.07) is 2.00. The zero-order valence-corrected chi connectivity index (χ0v) is 12.8. The standard InChI is InChI=1S/C16H21N3O2/c1-16(2,3)15-18-12(10-21-15)8-19-7-5-11-4-6-17-14(20)13(11)9-19/h4,6,10H,5,7-9H2,1-3H3,(H,17,20). The van der Waals surface area contributed by atoms with Gasteiger partial charge in [0, 0.05) is 36.8 Å². The molecule has 1 aliphatic heterocycles. The van der Waals surface area contributed by atoms with Crippen molar-refractivity contribution in [3.05, 3.63) is 51.6 Å². The third-order valence-corrected chi connectivity index (χ3v) is 3.82. The maximum Gasteiger partial charge on any atom is 0.252 e. The van der Waals surface area contributed by atoms with E-state index in [4.69, 9.17) is 4.42 Å². The summed E-state index contributed by atoms with van der Waals surface area (Å²) in [7, 11) is 0. The van der Waals surface area contributed by atoms with Crippen LogP contribution < -0.4 is 5.56 Å². The summed E-state index contributed by atoms with van der Waals surface area (Å²) in [5, 5.41) is 0. The summed E-state index contributed by atoms with van der Waals surface area (Å²) >= 11 is 0. The van der Waals surface area contributed by atoms with Crippen molar-refractivity contribution in [3.8, 4) is 0 Å². The first-order valence-electron chi connectivity index (χ1n) is 7.30. The van der Waals surface area contributed by atoms with E-state index in [-0.39, 0.29) is 11.0 Å². The molecule has 0 unspecified atom stereocenters. The summed E-state index contributed by atoms with van der Waals surface area (Å²) in [6.45, 7) is 8.57. The van der Waals surface area contributed by atoms with Gasteiger partial charge in [-0.05, 0) is 18.1 Å². The molecule has 0 radical (unpaired) electrons. The molecule has 0 aliphatic carbocycles. The molecular formula is C16H21N3O2. The van der Waals surface area contributed by atoms with E-state index in [0.29, 0.717) is 13.1 Å². The van der Waals surface area contributed by atoms with Crippen molar-refractivity contribution in [2.24, 2.45) is 0 Å². The predicted molar refractivity (Wildman–Crippen MR) is 80.1 cm³/mol. The topological polar surface area (TPSA) is 62.1 Å². The van der Waals surface area contributed by atoms with Gasteiger partial charge in [0.05, 0.1) is 5.69 Å². The van der Waals surface area contributed by atoms with Crippen molar-refractivity contribution in [1.82, 2.24) is 14.9 Å². The van der Waals surface area contributed by atoms with Gasteiger partial charge >= 0.3 is 0 Å². The van der Waals surface area contributed by atoms with E-state index in [1.807, 2.05) is 6.07 Å². The van der Waals surface area contributed by atoms with Crippen LogP contribution in [0.2, 0.25) is 0 Å². The average Bonchev–Trinajstić information content (AvgIpc) is 2.88. The molecule has 2 aromatic rings. The Morgan fingerprint density at radius 2 is 2.24 bits per heavy atom. The van der Waals surface area contributed by atoms with Gasteiger partial charge in [-0.15, -0.1) is 0 Å². The van der Waals surface area contributed by atoms with Crippen LogP contribution in [0.4, 0.5) is 0 Å². The van der Waals surface area contributed by atoms with Crippen molar-refractivity contribution in [3.63, 3.8) is 0 Å². The minimum atomic E-state index is -0.0795. The van der Waals surface area contributed by atoms with Gasteiger partial charge in [-0.1, -0.05) is 20.8 Å². The number of aromatic amines is 1. The number of hydrogen-bond donors (Lipinski definition) is 1. The highest BCUT2D eigenvalue weighted by atomic mass is 16.3. The zero-order chi connectivity index (χ0) is 15.0. The molecule has 3 heterocycles. The van der Waals surface area contributed by atoms with Crippen molar-refractivity contribution in [2.75, 3.05) is 6.54 Å². The molecule has 0 bridgehead atoms. The Morgan fingerprint density at radius 1 is 1.43 bits per heavy atom. The van der Waals surface area contributed by atoms with Gasteiger partial charge in [-0.2, -0.15) is 0 Å². The molecule has 1 N–H and O–H groups in total. The minimum Gasteiger partial charge on any atom is -0.448 e. The first-order chi connectivity index (χ1) is 9.93. The Labute approximate surface area is 124 Å². The molecule has 21 heavy (non-hydrogen) atoms. The number of nitrogens with zero attached hydrogens (tertiary/aromatic N) is 2. The smallest absolute Gasteiger partial charge is 0.252 e. The molecular weight excluding hydrogens is 266 g/mol. The number of hydrogen-bond acceptors (Lipinski definition) is 4. The second-order valence-corrected chi connectivity index (χ2v) is 6.67. The number of oxazole rings is 1. The molecule has 0 aromatic carbocycles. The fourth-order valence-electron chi connectivity index (χ4n) is 2.63. The molecule has 0 amide bonds. The molecule has 5 heteroatoms. The first-order valence-corrected chi connectivity index (χ1v) is 7.30. The van der Waals surface area contributed by atoms with Crippen molar-refractivity contribution < 1.29 is 4.42 Å². The van der Waals surface area contributed by atoms with E-state index in [9.17, 15) is 4.79 Å². The summed E-state index contributed by atoms with van der Waals surface area (Å²) in [5.41, 5.74) is 2.90. The minimum absolute atomic E-state index is 0.0210. The highest BCUT2D eigenvalue weighted by molar-refractivity contribution is 5.25. The van der Waals surface area contributed by atoms with Gasteiger partial charge in [0.15, 0.2) is 5.89 Å². The van der Waals surface area contributed by atoms with Crippen LogP contribution >= 0.6 is 0 Å². The molecule has 0 spiro atoms. The molecule has 1 aliphatic rings. The van der Waals surface area contributed by atoms with E-state index in [2.05, 4.69) is 35.6 Å². The lowest BCUT2D eigenvalue weighted by atomic mass is 9.97. The van der Waals surface area contributed by atoms with E-state index >= 15 is 0 Å². The molecule has 0 atom stereocenters. The normalized spacial score (nSPS) is 16.0. The van der Waals surface area contributed by atoms with Crippen LogP contribution in [0.15, 0.2) is 27.7 Å². The number of rotatable bonds is 2. The maximum atomic E-state index is 11.9. The van der Waals surface area contributed by atoms with Crippen LogP contribution in [-0.4, -0.2) is 21.4 Å². The van der Waals surface area contributed by atoms with Gasteiger partial charge < -0.3 is 9.40 Å². The van der Waals surface area contributed by atoms with Crippen molar-refractivity contribution >= 4 is 0 Å². The molecule has 5 nitrogen and oxygen atoms in total. The average molecular weight is 287 g/mol. The monoisotopic (exact) mass is 287 g/mol. The molecule has 0 fully saturated rings. The molecule has 0 saturated heterocycles. The van der Waals surface area contributed by atoms with Crippen molar-refractivity contribution in [2.45, 2.75) is 45.7 Å². The number of fused-ring (bicyclic) bond motifs is 1. The van der Waals surface area contributed by atoms with Crippen LogP contribution in [0, 0.1) is 0 Å². The van der Waals surface area contributed by atoms with Crippen LogP contribution in [0.5, 0.6) is 0 Å². The fourth-order valence-corrected chi connectivity index (χ4v) is 2.63. The van der Waals surface area contributed by atoms with Gasteiger partial charge in [0.1, 0.15) is 6.26 Å². The summed E-state index contributed by atoms with van der Waals surface area (Å²) in [5.74, 6) is 0.757. The Balaban J connectivity index is 1.74. The molecule has 112 valence electrons. The predicted octanol–water partition coefficient (Wildman–Crippen LogP) is 2.22. The third kappa shape index (κ3) is 2.93. The highest BCUT2D eigenvalue weighted by Gasteiger charge is 2.23. The summed E-state index contributed by atoms with van der Waals surface area (Å²) in [6.07, 6.45) is 4.36. The number of H-pyrrole nitrogens is 1. The zero-order valence-electron chi connectivity index (χ0n) is 12.8. The van der Waals surface area contributed by atoms with Crippen molar-refractivity contribution in [1.29, 1.82) is 0 Å². The lowest BCUT2D eigenvalue weighted by Crippen LogP contribution is -2.34. The van der Waals surface area contributed by atoms with E-state index in [0.717, 1.165) is 35.7 Å². The highest BCUT2D eigenvalue weighted by Crippen LogP contribution is 2.22. The summed E-state index contributed by atoms with van der Waals surface area (Å²) in [4.78, 5) is 21.4. The lowest BCUT2D eigenvalue weighted by molar-refractivity contribution is 0.241. The Kier molecular flexibility index (Phi) is 3.45. The van der Waals surface area contributed by atoms with Crippen LogP contribution in [0.3, 0.4) is 0 Å². The SMILES string of the molecule is CC(C)(C)c1nc(CN2CCc3cc[nH]c(=O)c3C2)co1. The maximum absolute atomic E-state index is 11.9. The van der Waals surface area contributed by atoms with E-state index in [1.165, 1.54) is 0 Å². The van der Waals surface area contributed by atoms with Crippen LogP contribution in [-0.2, 0) is 24.9 Å². The van der Waals surface area contributed by atoms with Crippen LogP contribution in [0.1, 0.15) is 43.5 Å². The summed E-state index contributed by atoms with van der Waals surface area (Å²) < 4.78 is 5.56. The third-order valence-electron chi connectivity index (χ3n) is 3.82. The van der Waals surface area contributed by atoms with E-state index < -0.39 is 0 Å². The Hall–Kier alpha value is -1.88. The number of nitrogens with one attached hydrogen (secondary N) is 1. The molecule has 2 aromatic heterocycles. The first kappa shape index (κ1) is 14.1. The fraction of sp³-hybridized carbons (Fsp3) is 0.500. The van der Waals surface area contributed by atoms with Gasteiger partial charge in [0.25, 0.3) is 5.56 Å². The Morgan fingerprint density at radius 3 is 2.95 bits per heavy atom. The second kappa shape index (κ2) is 5.15. The van der Waals surface area contributed by atoms with Crippen LogP contribution in [0.25, 0.3) is 0 Å². The molecule has 3 rings (SSSR count). The lowest BCUT2D eigenvalue weighted by Gasteiger charge is -2.27. The number of pyridine rings is 1. The van der Waals surface area contributed by atoms with Gasteiger partial charge in [-0.25, -0.2) is 4.98 Å².